The highest BCUT2D eigenvalue weighted by Crippen LogP contribution is 2.00. The van der Waals surface area contributed by atoms with Crippen LogP contribution in [0.2, 0.25) is 0 Å². The van der Waals surface area contributed by atoms with Crippen molar-refractivity contribution < 1.29 is 9.63 Å². The Balaban J connectivity index is 2.86. The summed E-state index contributed by atoms with van der Waals surface area (Å²) in [6.45, 7) is 0. The number of carbonyl (C=O) groups excluding carboxylic acids is 1. The molecule has 0 bridgehead atoms. The molecule has 0 atom stereocenters. The Labute approximate surface area is 70.7 Å². The maximum atomic E-state index is 10.4. The number of rotatable bonds is 3. The molecule has 0 amide bonds. The van der Waals surface area contributed by atoms with E-state index >= 15 is 0 Å². The van der Waals surface area contributed by atoms with Gasteiger partial charge in [-0.15, -0.1) is 0 Å². The van der Waals surface area contributed by atoms with Crippen LogP contribution < -0.4 is 0 Å². The zero-order valence-corrected chi connectivity index (χ0v) is 6.73. The van der Waals surface area contributed by atoms with Crippen molar-refractivity contribution in [3.63, 3.8) is 0 Å². The third kappa shape index (κ3) is 2.20. The first-order chi connectivity index (χ1) is 5.86. The van der Waals surface area contributed by atoms with Crippen LogP contribution in [0.1, 0.15) is 15.9 Å². The molecule has 12 heavy (non-hydrogen) atoms. The van der Waals surface area contributed by atoms with Crippen LogP contribution >= 0.6 is 0 Å². The van der Waals surface area contributed by atoms with E-state index in [2.05, 4.69) is 9.99 Å². The van der Waals surface area contributed by atoms with Gasteiger partial charge in [0.05, 0.1) is 6.21 Å². The lowest BCUT2D eigenvalue weighted by atomic mass is 10.1. The maximum Gasteiger partial charge on any atom is 0.150 e. The first-order valence-electron chi connectivity index (χ1n) is 3.48. The lowest BCUT2D eigenvalue weighted by Crippen LogP contribution is -1.85. The second-order valence-corrected chi connectivity index (χ2v) is 2.21. The molecular formula is C9H9NO2. The fraction of sp³-hybridized carbons (Fsp3) is 0.111. The van der Waals surface area contributed by atoms with Gasteiger partial charge in [0.2, 0.25) is 0 Å². The van der Waals surface area contributed by atoms with Gasteiger partial charge in [-0.3, -0.25) is 4.79 Å². The normalized spacial score (nSPS) is 10.1. The Kier molecular flexibility index (Phi) is 3.02. The molecule has 3 heteroatoms. The Bertz CT molecular complexity index is 294. The molecule has 0 aliphatic carbocycles. The van der Waals surface area contributed by atoms with Gasteiger partial charge in [0.15, 0.2) is 0 Å². The van der Waals surface area contributed by atoms with E-state index in [0.717, 1.165) is 11.8 Å². The smallest absolute Gasteiger partial charge is 0.150 e. The quantitative estimate of drug-likeness (QED) is 0.384. The van der Waals surface area contributed by atoms with Crippen LogP contribution in [0.3, 0.4) is 0 Å². The molecule has 0 fully saturated rings. The SMILES string of the molecule is CON=Cc1cccc(C=O)c1. The maximum absolute atomic E-state index is 10.4. The van der Waals surface area contributed by atoms with Crippen LogP contribution in [0.4, 0.5) is 0 Å². The number of oxime groups is 1. The fourth-order valence-corrected chi connectivity index (χ4v) is 0.826. The molecular weight excluding hydrogens is 154 g/mol. The summed E-state index contributed by atoms with van der Waals surface area (Å²) in [6.07, 6.45) is 2.34. The molecule has 0 saturated heterocycles. The second kappa shape index (κ2) is 4.28. The minimum atomic E-state index is 0.634. The molecule has 0 heterocycles. The molecule has 0 aliphatic rings. The Morgan fingerprint density at radius 1 is 1.42 bits per heavy atom. The standard InChI is InChI=1S/C9H9NO2/c1-12-10-6-8-3-2-4-9(5-8)7-11/h2-7H,1H3. The fourth-order valence-electron chi connectivity index (χ4n) is 0.826. The van der Waals surface area contributed by atoms with Gasteiger partial charge in [-0.25, -0.2) is 0 Å². The molecule has 0 saturated carbocycles. The van der Waals surface area contributed by atoms with Crippen LogP contribution in [0.5, 0.6) is 0 Å². The molecule has 0 aromatic heterocycles. The predicted molar refractivity (Wildman–Crippen MR) is 46.4 cm³/mol. The van der Waals surface area contributed by atoms with Crippen LogP contribution in [0, 0.1) is 0 Å². The van der Waals surface area contributed by atoms with Gasteiger partial charge in [-0.2, -0.15) is 0 Å². The third-order valence-corrected chi connectivity index (χ3v) is 1.35. The molecule has 62 valence electrons. The summed E-state index contributed by atoms with van der Waals surface area (Å²) in [5.41, 5.74) is 1.48. The predicted octanol–water partition coefficient (Wildman–Crippen LogP) is 1.48. The van der Waals surface area contributed by atoms with E-state index in [9.17, 15) is 4.79 Å². The highest BCUT2D eigenvalue weighted by atomic mass is 16.6. The Morgan fingerprint density at radius 2 is 2.17 bits per heavy atom. The summed E-state index contributed by atoms with van der Waals surface area (Å²) < 4.78 is 0. The molecule has 0 N–H and O–H groups in total. The van der Waals surface area contributed by atoms with Gasteiger partial charge >= 0.3 is 0 Å². The number of nitrogens with zero attached hydrogens (tertiary/aromatic N) is 1. The number of hydrogen-bond donors (Lipinski definition) is 0. The van der Waals surface area contributed by atoms with E-state index in [1.54, 1.807) is 24.4 Å². The monoisotopic (exact) mass is 163 g/mol. The Hall–Kier alpha value is -1.64. The van der Waals surface area contributed by atoms with Gasteiger partial charge in [0, 0.05) is 5.56 Å². The van der Waals surface area contributed by atoms with E-state index in [-0.39, 0.29) is 0 Å². The molecule has 1 aromatic carbocycles. The van der Waals surface area contributed by atoms with Gasteiger partial charge in [0.25, 0.3) is 0 Å². The minimum Gasteiger partial charge on any atom is -0.399 e. The van der Waals surface area contributed by atoms with E-state index in [1.165, 1.54) is 7.11 Å². The van der Waals surface area contributed by atoms with Crippen LogP contribution in [0.15, 0.2) is 29.4 Å². The summed E-state index contributed by atoms with van der Waals surface area (Å²) in [4.78, 5) is 14.9. The van der Waals surface area contributed by atoms with Gasteiger partial charge in [0.1, 0.15) is 13.4 Å². The van der Waals surface area contributed by atoms with Crippen molar-refractivity contribution in [2.24, 2.45) is 5.16 Å². The molecule has 0 aliphatic heterocycles. The highest BCUT2D eigenvalue weighted by molar-refractivity contribution is 5.83. The van der Waals surface area contributed by atoms with Crippen molar-refractivity contribution in [2.75, 3.05) is 7.11 Å². The summed E-state index contributed by atoms with van der Waals surface area (Å²) in [7, 11) is 1.47. The first-order valence-corrected chi connectivity index (χ1v) is 3.48. The van der Waals surface area contributed by atoms with E-state index in [4.69, 9.17) is 0 Å². The van der Waals surface area contributed by atoms with Crippen LogP contribution in [-0.4, -0.2) is 19.6 Å². The molecule has 1 aromatic rings. The summed E-state index contributed by atoms with van der Waals surface area (Å²) in [5.74, 6) is 0. The number of hydrogen-bond acceptors (Lipinski definition) is 3. The molecule has 0 spiro atoms. The van der Waals surface area contributed by atoms with Crippen molar-refractivity contribution in [1.82, 2.24) is 0 Å². The molecule has 0 radical (unpaired) electrons. The third-order valence-electron chi connectivity index (χ3n) is 1.35. The number of carbonyl (C=O) groups is 1. The zero-order chi connectivity index (χ0) is 8.81. The highest BCUT2D eigenvalue weighted by Gasteiger charge is 1.90. The van der Waals surface area contributed by atoms with Crippen molar-refractivity contribution >= 4 is 12.5 Å². The Morgan fingerprint density at radius 3 is 2.83 bits per heavy atom. The number of benzene rings is 1. The van der Waals surface area contributed by atoms with Crippen molar-refractivity contribution in [2.45, 2.75) is 0 Å². The average Bonchev–Trinajstić information content (AvgIpc) is 2.15. The van der Waals surface area contributed by atoms with Gasteiger partial charge in [-0.05, 0) is 11.6 Å². The average molecular weight is 163 g/mol. The summed E-state index contributed by atoms with van der Waals surface area (Å²) >= 11 is 0. The van der Waals surface area contributed by atoms with Gasteiger partial charge in [-0.1, -0.05) is 23.4 Å². The van der Waals surface area contributed by atoms with E-state index in [1.807, 2.05) is 6.07 Å². The molecule has 3 nitrogen and oxygen atoms in total. The van der Waals surface area contributed by atoms with Crippen molar-refractivity contribution in [3.05, 3.63) is 35.4 Å². The lowest BCUT2D eigenvalue weighted by molar-refractivity contribution is 0.112. The largest absolute Gasteiger partial charge is 0.399 e. The molecule has 1 rings (SSSR count). The van der Waals surface area contributed by atoms with E-state index < -0.39 is 0 Å². The second-order valence-electron chi connectivity index (χ2n) is 2.21. The zero-order valence-electron chi connectivity index (χ0n) is 6.73. The van der Waals surface area contributed by atoms with E-state index in [0.29, 0.717) is 5.56 Å². The minimum absolute atomic E-state index is 0.634. The summed E-state index contributed by atoms with van der Waals surface area (Å²) in [6, 6.07) is 7.10. The van der Waals surface area contributed by atoms with Crippen LogP contribution in [0.25, 0.3) is 0 Å². The lowest BCUT2D eigenvalue weighted by Gasteiger charge is -1.92. The van der Waals surface area contributed by atoms with Crippen LogP contribution in [-0.2, 0) is 4.84 Å². The number of aldehydes is 1. The molecule has 0 unspecified atom stereocenters. The first kappa shape index (κ1) is 8.46. The summed E-state index contributed by atoms with van der Waals surface area (Å²) in [5, 5.41) is 3.58. The topological polar surface area (TPSA) is 38.7 Å². The van der Waals surface area contributed by atoms with Gasteiger partial charge < -0.3 is 4.84 Å². The van der Waals surface area contributed by atoms with Crippen molar-refractivity contribution in [1.29, 1.82) is 0 Å². The van der Waals surface area contributed by atoms with Crippen molar-refractivity contribution in [3.8, 4) is 0 Å².